The minimum atomic E-state index is -1.10. The zero-order valence-corrected chi connectivity index (χ0v) is 11.6. The van der Waals surface area contributed by atoms with Crippen molar-refractivity contribution in [1.29, 1.82) is 0 Å². The minimum absolute atomic E-state index is 0.0702. The zero-order valence-electron chi connectivity index (χ0n) is 10.7. The number of nitrogen functional groups attached to an aromatic ring is 1. The van der Waals surface area contributed by atoms with Crippen molar-refractivity contribution in [3.8, 4) is 0 Å². The molecule has 0 atom stereocenters. The fourth-order valence-corrected chi connectivity index (χ4v) is 2.43. The molecule has 0 unspecified atom stereocenters. The van der Waals surface area contributed by atoms with Gasteiger partial charge in [-0.3, -0.25) is 4.79 Å². The second-order valence-corrected chi connectivity index (χ2v) is 5.18. The van der Waals surface area contributed by atoms with E-state index in [4.69, 9.17) is 5.73 Å². The van der Waals surface area contributed by atoms with E-state index in [2.05, 4.69) is 10.3 Å². The first-order valence-corrected chi connectivity index (χ1v) is 6.79. The van der Waals surface area contributed by atoms with Gasteiger partial charge in [0, 0.05) is 35.8 Å². The first-order valence-electron chi connectivity index (χ1n) is 5.91. The van der Waals surface area contributed by atoms with Crippen LogP contribution in [0.4, 0.5) is 14.5 Å². The van der Waals surface area contributed by atoms with Crippen molar-refractivity contribution in [3.05, 3.63) is 45.4 Å². The Hall–Kier alpha value is -2.02. The smallest absolute Gasteiger partial charge is 0.253 e. The van der Waals surface area contributed by atoms with Gasteiger partial charge in [0.1, 0.15) is 0 Å². The number of hydrogen-bond acceptors (Lipinski definition) is 4. The van der Waals surface area contributed by atoms with Gasteiger partial charge in [-0.25, -0.2) is 13.8 Å². The van der Waals surface area contributed by atoms with Crippen LogP contribution in [0, 0.1) is 18.6 Å². The van der Waals surface area contributed by atoms with Gasteiger partial charge >= 0.3 is 0 Å². The number of nitrogens with two attached hydrogens (primary N) is 1. The molecule has 0 bridgehead atoms. The Balaban J connectivity index is 1.97. The van der Waals surface area contributed by atoms with Crippen LogP contribution in [-0.4, -0.2) is 17.4 Å². The number of carbonyl (C=O) groups excluding carboxylic acids is 1. The summed E-state index contributed by atoms with van der Waals surface area (Å²) in [4.78, 5) is 16.1. The molecule has 0 fully saturated rings. The molecule has 2 rings (SSSR count). The van der Waals surface area contributed by atoms with E-state index < -0.39 is 17.5 Å². The van der Waals surface area contributed by atoms with Crippen molar-refractivity contribution in [1.82, 2.24) is 10.3 Å². The lowest BCUT2D eigenvalue weighted by molar-refractivity contribution is 0.0954. The molecule has 7 heteroatoms. The van der Waals surface area contributed by atoms with Crippen LogP contribution in [0.3, 0.4) is 0 Å². The molecule has 2 aromatic rings. The molecule has 1 aromatic heterocycles. The number of hydrogen-bond donors (Lipinski definition) is 2. The Morgan fingerprint density at radius 1 is 1.40 bits per heavy atom. The molecule has 4 nitrogen and oxygen atoms in total. The van der Waals surface area contributed by atoms with E-state index in [1.807, 2.05) is 12.3 Å². The minimum Gasteiger partial charge on any atom is -0.398 e. The molecule has 1 heterocycles. The highest BCUT2D eigenvalue weighted by molar-refractivity contribution is 7.09. The van der Waals surface area contributed by atoms with E-state index in [9.17, 15) is 13.6 Å². The average Bonchev–Trinajstić information content (AvgIpc) is 2.79. The van der Waals surface area contributed by atoms with Crippen LogP contribution < -0.4 is 11.1 Å². The largest absolute Gasteiger partial charge is 0.398 e. The van der Waals surface area contributed by atoms with Gasteiger partial charge in [-0.2, -0.15) is 0 Å². The topological polar surface area (TPSA) is 68.0 Å². The van der Waals surface area contributed by atoms with E-state index >= 15 is 0 Å². The quantitative estimate of drug-likeness (QED) is 0.851. The fourth-order valence-electron chi connectivity index (χ4n) is 1.65. The summed E-state index contributed by atoms with van der Waals surface area (Å²) in [7, 11) is 0. The summed E-state index contributed by atoms with van der Waals surface area (Å²) in [5, 5.41) is 5.43. The van der Waals surface area contributed by atoms with Crippen molar-refractivity contribution in [2.45, 2.75) is 13.3 Å². The third-order valence-electron chi connectivity index (χ3n) is 2.63. The predicted octanol–water partition coefficient (Wildman–Crippen LogP) is 2.28. The molecule has 3 N–H and O–H groups in total. The maximum absolute atomic E-state index is 13.1. The number of aryl methyl sites for hydroxylation is 1. The van der Waals surface area contributed by atoms with E-state index in [1.165, 1.54) is 11.3 Å². The van der Waals surface area contributed by atoms with Crippen molar-refractivity contribution in [3.63, 3.8) is 0 Å². The lowest BCUT2D eigenvalue weighted by Gasteiger charge is -2.07. The normalized spacial score (nSPS) is 10.6. The Labute approximate surface area is 118 Å². The number of aromatic nitrogens is 1. The Kier molecular flexibility index (Phi) is 4.29. The summed E-state index contributed by atoms with van der Waals surface area (Å²) in [6, 6.07) is 1.60. The van der Waals surface area contributed by atoms with Gasteiger partial charge in [0.25, 0.3) is 5.91 Å². The summed E-state index contributed by atoms with van der Waals surface area (Å²) in [5.41, 5.74) is 6.27. The van der Waals surface area contributed by atoms with Crippen LogP contribution in [-0.2, 0) is 6.42 Å². The Morgan fingerprint density at radius 2 is 2.10 bits per heavy atom. The molecule has 20 heavy (non-hydrogen) atoms. The van der Waals surface area contributed by atoms with Crippen molar-refractivity contribution in [2.24, 2.45) is 0 Å². The number of nitrogens with one attached hydrogen (secondary N) is 1. The first kappa shape index (κ1) is 14.4. The SMILES string of the molecule is Cc1csc(CCNC(=O)c2cc(F)c(F)cc2N)n1. The highest BCUT2D eigenvalue weighted by Crippen LogP contribution is 2.17. The fraction of sp³-hybridized carbons (Fsp3) is 0.231. The number of benzene rings is 1. The van der Waals surface area contributed by atoms with Crippen molar-refractivity contribution >= 4 is 22.9 Å². The van der Waals surface area contributed by atoms with Gasteiger partial charge in [0.05, 0.1) is 10.6 Å². The highest BCUT2D eigenvalue weighted by Gasteiger charge is 2.14. The van der Waals surface area contributed by atoms with E-state index in [0.717, 1.165) is 22.8 Å². The van der Waals surface area contributed by atoms with Crippen LogP contribution in [0.5, 0.6) is 0 Å². The maximum atomic E-state index is 13.1. The third kappa shape index (κ3) is 3.30. The van der Waals surface area contributed by atoms with E-state index in [-0.39, 0.29) is 11.3 Å². The van der Waals surface area contributed by atoms with Gasteiger partial charge in [0.15, 0.2) is 11.6 Å². The van der Waals surface area contributed by atoms with Gasteiger partial charge < -0.3 is 11.1 Å². The molecule has 0 aliphatic carbocycles. The van der Waals surface area contributed by atoms with Crippen molar-refractivity contribution < 1.29 is 13.6 Å². The van der Waals surface area contributed by atoms with E-state index in [0.29, 0.717) is 13.0 Å². The number of halogens is 2. The Morgan fingerprint density at radius 3 is 2.75 bits per heavy atom. The number of rotatable bonds is 4. The zero-order chi connectivity index (χ0) is 14.7. The van der Waals surface area contributed by atoms with Crippen LogP contribution in [0.25, 0.3) is 0 Å². The molecule has 106 valence electrons. The third-order valence-corrected chi connectivity index (χ3v) is 3.65. The summed E-state index contributed by atoms with van der Waals surface area (Å²) < 4.78 is 26.0. The number of anilines is 1. The molecular weight excluding hydrogens is 284 g/mol. The van der Waals surface area contributed by atoms with Gasteiger partial charge in [-0.1, -0.05) is 0 Å². The molecule has 0 spiro atoms. The second-order valence-electron chi connectivity index (χ2n) is 4.24. The lowest BCUT2D eigenvalue weighted by Crippen LogP contribution is -2.26. The first-order chi connectivity index (χ1) is 9.47. The molecule has 0 saturated heterocycles. The standard InChI is InChI=1S/C13H13F2N3OS/c1-7-6-20-12(18-7)2-3-17-13(19)8-4-9(14)10(15)5-11(8)16/h4-6H,2-3,16H2,1H3,(H,17,19). The predicted molar refractivity (Wildman–Crippen MR) is 73.7 cm³/mol. The van der Waals surface area contributed by atoms with Crippen molar-refractivity contribution in [2.75, 3.05) is 12.3 Å². The van der Waals surface area contributed by atoms with Gasteiger partial charge in [-0.15, -0.1) is 11.3 Å². The monoisotopic (exact) mass is 297 g/mol. The molecular formula is C13H13F2N3OS. The molecule has 0 radical (unpaired) electrons. The average molecular weight is 297 g/mol. The summed E-state index contributed by atoms with van der Waals surface area (Å²) >= 11 is 1.51. The molecule has 0 aliphatic rings. The second kappa shape index (κ2) is 5.96. The summed E-state index contributed by atoms with van der Waals surface area (Å²) in [5.74, 6) is -2.70. The summed E-state index contributed by atoms with van der Waals surface area (Å²) in [6.07, 6.45) is 0.577. The van der Waals surface area contributed by atoms with Gasteiger partial charge in [-0.05, 0) is 13.0 Å². The van der Waals surface area contributed by atoms with Crippen LogP contribution in [0.15, 0.2) is 17.5 Å². The maximum Gasteiger partial charge on any atom is 0.253 e. The lowest BCUT2D eigenvalue weighted by atomic mass is 10.1. The van der Waals surface area contributed by atoms with Crippen LogP contribution in [0.2, 0.25) is 0 Å². The number of amides is 1. The van der Waals surface area contributed by atoms with E-state index in [1.54, 1.807) is 0 Å². The van der Waals surface area contributed by atoms with Gasteiger partial charge in [0.2, 0.25) is 0 Å². The molecule has 1 aromatic carbocycles. The van der Waals surface area contributed by atoms with Crippen LogP contribution in [0.1, 0.15) is 21.1 Å². The highest BCUT2D eigenvalue weighted by atomic mass is 32.1. The number of carbonyl (C=O) groups is 1. The Bertz CT molecular complexity index is 643. The number of thiazole rings is 1. The molecule has 0 aliphatic heterocycles. The molecule has 1 amide bonds. The van der Waals surface area contributed by atoms with Crippen LogP contribution >= 0.6 is 11.3 Å². The summed E-state index contributed by atoms with van der Waals surface area (Å²) in [6.45, 7) is 2.24. The molecule has 0 saturated carbocycles. The number of nitrogens with zero attached hydrogens (tertiary/aromatic N) is 1.